The van der Waals surface area contributed by atoms with Crippen LogP contribution in [0.1, 0.15) is 64.4 Å². The monoisotopic (exact) mass is 600 g/mol. The zero-order chi connectivity index (χ0) is 30.4. The number of halogens is 2. The van der Waals surface area contributed by atoms with Crippen molar-refractivity contribution in [2.24, 2.45) is 11.1 Å². The first-order chi connectivity index (χ1) is 19.0. The quantitative estimate of drug-likeness (QED) is 0.267. The molecule has 0 aliphatic carbocycles. The number of nitrogens with zero attached hydrogens (tertiary/aromatic N) is 3. The summed E-state index contributed by atoms with van der Waals surface area (Å²) in [6, 6.07) is 10.0. The number of primary amides is 1. The summed E-state index contributed by atoms with van der Waals surface area (Å²) in [6.45, 7) is 11.8. The number of hydrogen-bond acceptors (Lipinski definition) is 4. The van der Waals surface area contributed by atoms with Gasteiger partial charge in [-0.1, -0.05) is 76.9 Å². The molecule has 2 heterocycles. The molecule has 4 amide bonds. The Kier molecular flexibility index (Phi) is 8.03. The molecular formula is C29H34Cl2N6O4. The number of nitrogens with two attached hydrogens (primary N) is 1. The normalized spacial score (nSPS) is 17.1. The Morgan fingerprint density at radius 1 is 1.02 bits per heavy atom. The number of nitrogens with one attached hydrogen (secondary N) is 2. The Morgan fingerprint density at radius 3 is 2.29 bits per heavy atom. The van der Waals surface area contributed by atoms with Crippen LogP contribution < -0.4 is 16.4 Å². The van der Waals surface area contributed by atoms with Crippen LogP contribution in [0.25, 0.3) is 5.69 Å². The largest absolute Gasteiger partial charge is 0.465 e. The number of rotatable bonds is 4. The molecule has 2 atom stereocenters. The summed E-state index contributed by atoms with van der Waals surface area (Å²) in [6.07, 6.45) is -1.07. The number of hydrogen-bond donors (Lipinski definition) is 4. The van der Waals surface area contributed by atoms with Gasteiger partial charge in [-0.2, -0.15) is 5.10 Å². The second kappa shape index (κ2) is 10.9. The van der Waals surface area contributed by atoms with Crippen molar-refractivity contribution in [1.29, 1.82) is 0 Å². The summed E-state index contributed by atoms with van der Waals surface area (Å²) in [5.41, 5.74) is 7.96. The van der Waals surface area contributed by atoms with Crippen LogP contribution in [0.5, 0.6) is 0 Å². The molecule has 2 aromatic carbocycles. The predicted octanol–water partition coefficient (Wildman–Crippen LogP) is 6.60. The first-order valence-corrected chi connectivity index (χ1v) is 13.8. The molecule has 218 valence electrons. The summed E-state index contributed by atoms with van der Waals surface area (Å²) < 4.78 is 1.60. The minimum atomic E-state index is -1.22. The van der Waals surface area contributed by atoms with E-state index >= 15 is 0 Å². The van der Waals surface area contributed by atoms with Crippen LogP contribution in [-0.4, -0.2) is 43.9 Å². The molecule has 12 heteroatoms. The SMILES string of the molecule is CC(C)(C)c1cc(NC(=O)Nc2cccc(Cl)c2Cl)n(-c2ccc3c(c2)C(C(C)(C)C)N(C(=O)O)[C@H](C(N)=O)C3)n1. The standard InChI is InChI=1S/C29H34Cl2N6O4/c1-28(2,3)21-14-22(34-26(39)33-19-9-7-8-18(30)23(19)31)37(35-21)16-11-10-15-12-20(25(32)38)36(27(40)41)24(17(15)13-16)29(4,5)6/h7-11,13-14,20,24H,12H2,1-6H3,(H2,32,38)(H,40,41)(H2,33,34,39)/t20-,24?/m0/s1. The van der Waals surface area contributed by atoms with Gasteiger partial charge in [-0.25, -0.2) is 14.3 Å². The molecule has 0 saturated carbocycles. The molecule has 1 aliphatic rings. The lowest BCUT2D eigenvalue weighted by Gasteiger charge is -2.46. The number of fused-ring (bicyclic) bond motifs is 1. The third-order valence-electron chi connectivity index (χ3n) is 6.98. The summed E-state index contributed by atoms with van der Waals surface area (Å²) in [5.74, 6) is -0.311. The van der Waals surface area contributed by atoms with Gasteiger partial charge in [-0.15, -0.1) is 0 Å². The van der Waals surface area contributed by atoms with Crippen molar-refractivity contribution in [3.63, 3.8) is 0 Å². The van der Waals surface area contributed by atoms with Gasteiger partial charge >= 0.3 is 12.1 Å². The lowest BCUT2D eigenvalue weighted by molar-refractivity contribution is -0.124. The highest BCUT2D eigenvalue weighted by Gasteiger charge is 2.45. The molecule has 10 nitrogen and oxygen atoms in total. The molecule has 41 heavy (non-hydrogen) atoms. The fraction of sp³-hybridized carbons (Fsp3) is 0.379. The van der Waals surface area contributed by atoms with E-state index in [1.807, 2.05) is 59.7 Å². The van der Waals surface area contributed by atoms with Crippen molar-refractivity contribution in [2.75, 3.05) is 10.6 Å². The molecule has 1 aliphatic heterocycles. The first-order valence-electron chi connectivity index (χ1n) is 13.1. The molecule has 5 N–H and O–H groups in total. The zero-order valence-electron chi connectivity index (χ0n) is 23.8. The Morgan fingerprint density at radius 2 is 1.71 bits per heavy atom. The molecule has 0 spiro atoms. The van der Waals surface area contributed by atoms with E-state index in [0.29, 0.717) is 22.2 Å². The fourth-order valence-electron chi connectivity index (χ4n) is 5.06. The number of benzene rings is 2. The molecule has 0 radical (unpaired) electrons. The highest BCUT2D eigenvalue weighted by atomic mass is 35.5. The highest BCUT2D eigenvalue weighted by Crippen LogP contribution is 2.45. The van der Waals surface area contributed by atoms with Gasteiger partial charge in [-0.05, 0) is 40.8 Å². The van der Waals surface area contributed by atoms with Crippen LogP contribution in [0, 0.1) is 5.41 Å². The van der Waals surface area contributed by atoms with Crippen LogP contribution in [0.15, 0.2) is 42.5 Å². The van der Waals surface area contributed by atoms with E-state index in [-0.39, 0.29) is 16.9 Å². The predicted molar refractivity (Wildman–Crippen MR) is 160 cm³/mol. The molecule has 4 rings (SSSR count). The molecular weight excluding hydrogens is 567 g/mol. The van der Waals surface area contributed by atoms with Crippen LogP contribution in [0.3, 0.4) is 0 Å². The number of amides is 4. The van der Waals surface area contributed by atoms with Crippen LogP contribution in [0.2, 0.25) is 10.0 Å². The number of carboxylic acid groups (broad SMARTS) is 1. The first kappa shape index (κ1) is 30.2. The lowest BCUT2D eigenvalue weighted by Crippen LogP contribution is -2.55. The third-order valence-corrected chi connectivity index (χ3v) is 7.80. The van der Waals surface area contributed by atoms with Crippen molar-refractivity contribution in [3.05, 3.63) is 69.3 Å². The smallest absolute Gasteiger partial charge is 0.408 e. The van der Waals surface area contributed by atoms with Gasteiger partial charge in [0.2, 0.25) is 5.91 Å². The van der Waals surface area contributed by atoms with Gasteiger partial charge in [-0.3, -0.25) is 15.0 Å². The number of anilines is 2. The molecule has 3 aromatic rings. The summed E-state index contributed by atoms with van der Waals surface area (Å²) in [5, 5.41) is 21.0. The van der Waals surface area contributed by atoms with Gasteiger partial charge in [0.15, 0.2) is 0 Å². The van der Waals surface area contributed by atoms with Crippen LogP contribution in [-0.2, 0) is 16.6 Å². The number of carbonyl (C=O) groups excluding carboxylic acids is 2. The minimum absolute atomic E-state index is 0.157. The Balaban J connectivity index is 1.80. The van der Waals surface area contributed by atoms with Crippen molar-refractivity contribution in [3.8, 4) is 5.69 Å². The fourth-order valence-corrected chi connectivity index (χ4v) is 5.41. The Hall–Kier alpha value is -3.76. The summed E-state index contributed by atoms with van der Waals surface area (Å²) >= 11 is 12.3. The van der Waals surface area contributed by atoms with Crippen LogP contribution in [0.4, 0.5) is 21.1 Å². The van der Waals surface area contributed by atoms with E-state index in [2.05, 4.69) is 10.6 Å². The third kappa shape index (κ3) is 6.13. The molecule has 1 aromatic heterocycles. The van der Waals surface area contributed by atoms with Gasteiger partial charge in [0, 0.05) is 17.9 Å². The number of carbonyl (C=O) groups is 3. The summed E-state index contributed by atoms with van der Waals surface area (Å²) in [4.78, 5) is 38.9. The van der Waals surface area contributed by atoms with Gasteiger partial charge in [0.25, 0.3) is 0 Å². The maximum absolute atomic E-state index is 13.0. The van der Waals surface area contributed by atoms with E-state index in [4.69, 9.17) is 34.0 Å². The second-order valence-electron chi connectivity index (χ2n) is 12.2. The second-order valence-corrected chi connectivity index (χ2v) is 13.0. The van der Waals surface area contributed by atoms with Crippen molar-refractivity contribution < 1.29 is 19.5 Å². The molecule has 0 bridgehead atoms. The van der Waals surface area contributed by atoms with Crippen molar-refractivity contribution in [1.82, 2.24) is 14.7 Å². The zero-order valence-corrected chi connectivity index (χ0v) is 25.3. The van der Waals surface area contributed by atoms with Gasteiger partial charge < -0.3 is 16.2 Å². The van der Waals surface area contributed by atoms with Crippen molar-refractivity contribution >= 4 is 52.7 Å². The lowest BCUT2D eigenvalue weighted by atomic mass is 9.75. The van der Waals surface area contributed by atoms with E-state index in [0.717, 1.165) is 21.7 Å². The Labute approximate surface area is 248 Å². The molecule has 0 fully saturated rings. The van der Waals surface area contributed by atoms with Crippen LogP contribution >= 0.6 is 23.2 Å². The Bertz CT molecular complexity index is 1520. The highest BCUT2D eigenvalue weighted by molar-refractivity contribution is 6.44. The van der Waals surface area contributed by atoms with Gasteiger partial charge in [0.1, 0.15) is 11.9 Å². The average molecular weight is 602 g/mol. The van der Waals surface area contributed by atoms with E-state index in [1.165, 1.54) is 0 Å². The van der Waals surface area contributed by atoms with Crippen molar-refractivity contribution in [2.45, 2.75) is 65.5 Å². The average Bonchev–Trinajstić information content (AvgIpc) is 3.28. The van der Waals surface area contributed by atoms with E-state index in [1.54, 1.807) is 28.9 Å². The van der Waals surface area contributed by atoms with E-state index < -0.39 is 35.5 Å². The van der Waals surface area contributed by atoms with E-state index in [9.17, 15) is 19.5 Å². The maximum Gasteiger partial charge on any atom is 0.408 e. The number of urea groups is 1. The topological polar surface area (TPSA) is 143 Å². The minimum Gasteiger partial charge on any atom is -0.465 e. The summed E-state index contributed by atoms with van der Waals surface area (Å²) in [7, 11) is 0. The maximum atomic E-state index is 13.0. The number of aromatic nitrogens is 2. The molecule has 1 unspecified atom stereocenters. The molecule has 0 saturated heterocycles. The van der Waals surface area contributed by atoms with Gasteiger partial charge in [0.05, 0.1) is 33.2 Å².